The number of carbonyl (C=O) groups is 1. The Kier molecular flexibility index (Phi) is 3.52. The number of hydrogen-bond acceptors (Lipinski definition) is 2. The summed E-state index contributed by atoms with van der Waals surface area (Å²) in [6, 6.07) is 5.62. The van der Waals surface area contributed by atoms with Crippen molar-refractivity contribution in [3.63, 3.8) is 0 Å². The number of aliphatic carboxylic acids is 1. The van der Waals surface area contributed by atoms with Crippen molar-refractivity contribution in [2.45, 2.75) is 5.92 Å². The Bertz CT molecular complexity index is 424. The number of halogens is 2. The molecule has 86 valence electrons. The fourth-order valence-electron chi connectivity index (χ4n) is 2.07. The summed E-state index contributed by atoms with van der Waals surface area (Å²) in [4.78, 5) is 11.1. The van der Waals surface area contributed by atoms with Gasteiger partial charge in [0.05, 0.1) is 10.9 Å². The van der Waals surface area contributed by atoms with Crippen molar-refractivity contribution in [2.24, 2.45) is 5.92 Å². The Morgan fingerprint density at radius 3 is 2.94 bits per heavy atom. The minimum atomic E-state index is -0.772. The molecule has 2 N–H and O–H groups in total. The lowest BCUT2D eigenvalue weighted by Gasteiger charge is -2.17. The Hall–Kier alpha value is -0.580. The molecule has 0 amide bonds. The first-order chi connectivity index (χ1) is 7.61. The maximum atomic E-state index is 11.1. The third-order valence-corrected chi connectivity index (χ3v) is 4.22. The van der Waals surface area contributed by atoms with Gasteiger partial charge in [-0.1, -0.05) is 23.7 Å². The quantitative estimate of drug-likeness (QED) is 0.882. The number of benzene rings is 1. The van der Waals surface area contributed by atoms with Gasteiger partial charge in [0.2, 0.25) is 0 Å². The molecule has 1 saturated heterocycles. The molecule has 5 heteroatoms. The van der Waals surface area contributed by atoms with Crippen LogP contribution in [0.1, 0.15) is 11.5 Å². The highest BCUT2D eigenvalue weighted by Gasteiger charge is 2.35. The van der Waals surface area contributed by atoms with Crippen LogP contribution < -0.4 is 5.32 Å². The monoisotopic (exact) mass is 303 g/mol. The van der Waals surface area contributed by atoms with Crippen LogP contribution in [0.3, 0.4) is 0 Å². The number of hydrogen-bond donors (Lipinski definition) is 2. The van der Waals surface area contributed by atoms with Gasteiger partial charge in [0.1, 0.15) is 0 Å². The van der Waals surface area contributed by atoms with Crippen LogP contribution in [0.2, 0.25) is 5.02 Å². The van der Waals surface area contributed by atoms with E-state index in [-0.39, 0.29) is 5.92 Å². The fourth-order valence-corrected chi connectivity index (χ4v) is 2.72. The normalized spacial score (nSPS) is 24.6. The summed E-state index contributed by atoms with van der Waals surface area (Å²) in [6.45, 7) is 1.16. The molecule has 2 unspecified atom stereocenters. The van der Waals surface area contributed by atoms with Gasteiger partial charge in [-0.25, -0.2) is 0 Å². The molecule has 1 heterocycles. The summed E-state index contributed by atoms with van der Waals surface area (Å²) in [5.74, 6) is -1.22. The molecule has 1 aromatic rings. The largest absolute Gasteiger partial charge is 0.481 e. The molecular weight excluding hydrogens is 293 g/mol. The maximum Gasteiger partial charge on any atom is 0.308 e. The van der Waals surface area contributed by atoms with Gasteiger partial charge in [-0.05, 0) is 27.6 Å². The van der Waals surface area contributed by atoms with Crippen LogP contribution in [0.4, 0.5) is 0 Å². The van der Waals surface area contributed by atoms with E-state index in [1.54, 1.807) is 0 Å². The third kappa shape index (κ3) is 2.10. The average molecular weight is 305 g/mol. The molecule has 0 aliphatic carbocycles. The van der Waals surface area contributed by atoms with Crippen LogP contribution in [-0.2, 0) is 4.79 Å². The van der Waals surface area contributed by atoms with Crippen LogP contribution in [0.15, 0.2) is 22.7 Å². The first-order valence-electron chi connectivity index (χ1n) is 4.98. The lowest BCUT2D eigenvalue weighted by atomic mass is 9.89. The van der Waals surface area contributed by atoms with Gasteiger partial charge in [0.25, 0.3) is 0 Å². The zero-order valence-electron chi connectivity index (χ0n) is 8.41. The molecule has 1 aliphatic rings. The van der Waals surface area contributed by atoms with Crippen LogP contribution >= 0.6 is 27.5 Å². The first-order valence-corrected chi connectivity index (χ1v) is 6.15. The molecule has 16 heavy (non-hydrogen) atoms. The molecule has 0 aromatic heterocycles. The second-order valence-corrected chi connectivity index (χ2v) is 5.08. The lowest BCUT2D eigenvalue weighted by molar-refractivity contribution is -0.141. The van der Waals surface area contributed by atoms with Crippen molar-refractivity contribution in [1.82, 2.24) is 5.32 Å². The standard InChI is InChI=1S/C11H11BrClNO2/c12-9-3-1-2-6(10(9)13)7-4-14-5-8(7)11(15)16/h1-3,7-8,14H,4-5H2,(H,15,16). The predicted molar refractivity (Wildman–Crippen MR) is 65.9 cm³/mol. The van der Waals surface area contributed by atoms with Crippen molar-refractivity contribution in [1.29, 1.82) is 0 Å². The van der Waals surface area contributed by atoms with E-state index in [0.717, 1.165) is 10.0 Å². The molecule has 3 nitrogen and oxygen atoms in total. The minimum absolute atomic E-state index is 0.0532. The number of carboxylic acid groups (broad SMARTS) is 1. The van der Waals surface area contributed by atoms with E-state index in [1.807, 2.05) is 18.2 Å². The molecule has 1 aliphatic heterocycles. The third-order valence-electron chi connectivity index (χ3n) is 2.91. The van der Waals surface area contributed by atoms with E-state index < -0.39 is 11.9 Å². The van der Waals surface area contributed by atoms with Crippen LogP contribution in [-0.4, -0.2) is 24.2 Å². The van der Waals surface area contributed by atoms with E-state index in [1.165, 1.54) is 0 Å². The van der Waals surface area contributed by atoms with Crippen molar-refractivity contribution in [3.05, 3.63) is 33.3 Å². The van der Waals surface area contributed by atoms with E-state index >= 15 is 0 Å². The van der Waals surface area contributed by atoms with Crippen molar-refractivity contribution >= 4 is 33.5 Å². The van der Waals surface area contributed by atoms with Crippen LogP contribution in [0.5, 0.6) is 0 Å². The second kappa shape index (κ2) is 4.73. The summed E-state index contributed by atoms with van der Waals surface area (Å²) in [5.41, 5.74) is 0.897. The van der Waals surface area contributed by atoms with Crippen molar-refractivity contribution < 1.29 is 9.90 Å². The highest BCUT2D eigenvalue weighted by Crippen LogP contribution is 2.36. The summed E-state index contributed by atoms with van der Waals surface area (Å²) in [7, 11) is 0. The highest BCUT2D eigenvalue weighted by atomic mass is 79.9. The molecule has 2 rings (SSSR count). The SMILES string of the molecule is O=C(O)C1CNCC1c1cccc(Br)c1Cl. The van der Waals surface area contributed by atoms with E-state index in [9.17, 15) is 4.79 Å². The van der Waals surface area contributed by atoms with Crippen molar-refractivity contribution in [2.75, 3.05) is 13.1 Å². The molecule has 0 spiro atoms. The molecule has 0 radical (unpaired) electrons. The molecule has 0 bridgehead atoms. The smallest absolute Gasteiger partial charge is 0.308 e. The van der Waals surface area contributed by atoms with Crippen LogP contribution in [0, 0.1) is 5.92 Å². The topological polar surface area (TPSA) is 49.3 Å². The van der Waals surface area contributed by atoms with Gasteiger partial charge in [0.15, 0.2) is 0 Å². The Morgan fingerprint density at radius 1 is 1.50 bits per heavy atom. The Morgan fingerprint density at radius 2 is 2.25 bits per heavy atom. The zero-order chi connectivity index (χ0) is 11.7. The second-order valence-electron chi connectivity index (χ2n) is 3.85. The number of carboxylic acids is 1. The molecule has 1 fully saturated rings. The fraction of sp³-hybridized carbons (Fsp3) is 0.364. The van der Waals surface area contributed by atoms with Gasteiger partial charge in [0, 0.05) is 23.5 Å². The van der Waals surface area contributed by atoms with Gasteiger partial charge in [-0.2, -0.15) is 0 Å². The molecule has 1 aromatic carbocycles. The van der Waals surface area contributed by atoms with E-state index in [2.05, 4.69) is 21.2 Å². The van der Waals surface area contributed by atoms with Crippen LogP contribution in [0.25, 0.3) is 0 Å². The Balaban J connectivity index is 2.36. The van der Waals surface area contributed by atoms with Crippen molar-refractivity contribution in [3.8, 4) is 0 Å². The van der Waals surface area contributed by atoms with Gasteiger partial charge < -0.3 is 10.4 Å². The molecular formula is C11H11BrClNO2. The minimum Gasteiger partial charge on any atom is -0.481 e. The number of nitrogens with one attached hydrogen (secondary N) is 1. The summed E-state index contributed by atoms with van der Waals surface area (Å²) < 4.78 is 0.808. The summed E-state index contributed by atoms with van der Waals surface area (Å²) >= 11 is 9.53. The Labute approximate surface area is 107 Å². The number of rotatable bonds is 2. The van der Waals surface area contributed by atoms with Gasteiger partial charge in [-0.15, -0.1) is 0 Å². The molecule has 2 atom stereocenters. The van der Waals surface area contributed by atoms with E-state index in [0.29, 0.717) is 18.1 Å². The lowest BCUT2D eigenvalue weighted by Crippen LogP contribution is -2.21. The van der Waals surface area contributed by atoms with Gasteiger partial charge >= 0.3 is 5.97 Å². The zero-order valence-corrected chi connectivity index (χ0v) is 10.8. The molecule has 0 saturated carbocycles. The average Bonchev–Trinajstić information content (AvgIpc) is 2.70. The van der Waals surface area contributed by atoms with Gasteiger partial charge in [-0.3, -0.25) is 4.79 Å². The first kappa shape index (κ1) is 11.9. The highest BCUT2D eigenvalue weighted by molar-refractivity contribution is 9.10. The maximum absolute atomic E-state index is 11.1. The summed E-state index contributed by atoms with van der Waals surface area (Å²) in [5, 5.41) is 12.8. The van der Waals surface area contributed by atoms with E-state index in [4.69, 9.17) is 16.7 Å². The summed E-state index contributed by atoms with van der Waals surface area (Å²) in [6.07, 6.45) is 0. The predicted octanol–water partition coefficient (Wildman–Crippen LogP) is 2.49.